The fourth-order valence-corrected chi connectivity index (χ4v) is 6.67. The molecule has 2 aliphatic heterocycles. The van der Waals surface area contributed by atoms with Crippen LogP contribution in [0.2, 0.25) is 0 Å². The molecule has 0 N–H and O–H groups in total. The van der Waals surface area contributed by atoms with Crippen molar-refractivity contribution in [3.63, 3.8) is 0 Å². The van der Waals surface area contributed by atoms with Gasteiger partial charge in [0.25, 0.3) is 11.8 Å². The van der Waals surface area contributed by atoms with Crippen LogP contribution in [0.5, 0.6) is 0 Å². The van der Waals surface area contributed by atoms with Crippen LogP contribution >= 0.6 is 0 Å². The summed E-state index contributed by atoms with van der Waals surface area (Å²) in [4.78, 5) is 32.0. The molecule has 0 aliphatic carbocycles. The second-order valence-corrected chi connectivity index (χ2v) is 11.3. The minimum Gasteiger partial charge on any atom is -0.338 e. The van der Waals surface area contributed by atoms with E-state index >= 15 is 0 Å². The fraction of sp³-hybridized carbons (Fsp3) is 0.310. The molecule has 2 amide bonds. The Hall–Kier alpha value is -3.25. The van der Waals surface area contributed by atoms with Crippen LogP contribution in [0.3, 0.4) is 0 Å². The summed E-state index contributed by atoms with van der Waals surface area (Å²) in [5.74, 6) is 0.650. The van der Waals surface area contributed by atoms with Gasteiger partial charge < -0.3 is 9.80 Å². The lowest BCUT2D eigenvalue weighted by Crippen LogP contribution is -2.42. The van der Waals surface area contributed by atoms with E-state index in [2.05, 4.69) is 13.8 Å². The van der Waals surface area contributed by atoms with Crippen molar-refractivity contribution in [2.75, 3.05) is 18.0 Å². The molecule has 2 heterocycles. The monoisotopic (exact) mass is 486 g/mol. The molecular formula is C29H30N2O3S. The largest absolute Gasteiger partial charge is 0.338 e. The summed E-state index contributed by atoms with van der Waals surface area (Å²) in [6, 6.07) is 20.3. The van der Waals surface area contributed by atoms with Gasteiger partial charge in [0.05, 0.1) is 38.4 Å². The van der Waals surface area contributed by atoms with E-state index in [0.717, 1.165) is 30.6 Å². The van der Waals surface area contributed by atoms with Crippen LogP contribution in [0, 0.1) is 18.8 Å². The lowest BCUT2D eigenvalue weighted by atomic mass is 9.91. The van der Waals surface area contributed by atoms with Crippen molar-refractivity contribution in [1.82, 2.24) is 4.90 Å². The topological polar surface area (TPSA) is 57.7 Å². The van der Waals surface area contributed by atoms with Crippen LogP contribution in [0.4, 0.5) is 5.69 Å². The van der Waals surface area contributed by atoms with Crippen LogP contribution in [0.25, 0.3) is 0 Å². The summed E-state index contributed by atoms with van der Waals surface area (Å²) >= 11 is 0. The number of carbonyl (C=O) groups is 2. The summed E-state index contributed by atoms with van der Waals surface area (Å²) < 4.78 is 13.6. The van der Waals surface area contributed by atoms with Crippen LogP contribution in [-0.2, 0) is 17.3 Å². The predicted octanol–water partition coefficient (Wildman–Crippen LogP) is 5.44. The molecule has 5 nitrogen and oxygen atoms in total. The van der Waals surface area contributed by atoms with Crippen molar-refractivity contribution in [3.05, 3.63) is 89.0 Å². The third kappa shape index (κ3) is 4.43. The first-order chi connectivity index (χ1) is 16.8. The van der Waals surface area contributed by atoms with Crippen molar-refractivity contribution in [2.45, 2.75) is 43.5 Å². The molecule has 3 aromatic rings. The van der Waals surface area contributed by atoms with Crippen LogP contribution in [0.15, 0.2) is 76.5 Å². The number of hydrogen-bond acceptors (Lipinski definition) is 3. The Morgan fingerprint density at radius 3 is 2.37 bits per heavy atom. The molecule has 35 heavy (non-hydrogen) atoms. The minimum absolute atomic E-state index is 0.0398. The second-order valence-electron chi connectivity index (χ2n) is 9.92. The number of nitrogens with zero attached hydrogens (tertiary/aromatic N) is 2. The van der Waals surface area contributed by atoms with Crippen LogP contribution in [0.1, 0.15) is 52.1 Å². The number of hydrogen-bond donors (Lipinski definition) is 0. The molecule has 1 saturated heterocycles. The van der Waals surface area contributed by atoms with Crippen molar-refractivity contribution in [2.24, 2.45) is 11.8 Å². The van der Waals surface area contributed by atoms with E-state index in [1.165, 1.54) is 0 Å². The maximum absolute atomic E-state index is 13.8. The minimum atomic E-state index is -1.54. The van der Waals surface area contributed by atoms with E-state index < -0.39 is 10.8 Å². The van der Waals surface area contributed by atoms with Gasteiger partial charge in [-0.25, -0.2) is 4.21 Å². The number of carbonyl (C=O) groups excluding carboxylic acids is 2. The molecular weight excluding hydrogens is 456 g/mol. The van der Waals surface area contributed by atoms with E-state index in [1.807, 2.05) is 36.1 Å². The average Bonchev–Trinajstić information content (AvgIpc) is 2.93. The molecule has 3 aromatic carbocycles. The summed E-state index contributed by atoms with van der Waals surface area (Å²) in [6.07, 6.45) is 1.11. The number of anilines is 1. The van der Waals surface area contributed by atoms with Gasteiger partial charge in [-0.3, -0.25) is 9.59 Å². The number of benzene rings is 3. The van der Waals surface area contributed by atoms with E-state index in [4.69, 9.17) is 0 Å². The van der Waals surface area contributed by atoms with Crippen molar-refractivity contribution in [1.29, 1.82) is 0 Å². The number of amides is 2. The molecule has 3 atom stereocenters. The van der Waals surface area contributed by atoms with Gasteiger partial charge >= 0.3 is 0 Å². The van der Waals surface area contributed by atoms with Gasteiger partial charge in [0, 0.05) is 18.7 Å². The molecule has 0 unspecified atom stereocenters. The van der Waals surface area contributed by atoms with Crippen molar-refractivity contribution in [3.8, 4) is 0 Å². The highest BCUT2D eigenvalue weighted by atomic mass is 32.2. The predicted molar refractivity (Wildman–Crippen MR) is 138 cm³/mol. The molecule has 180 valence electrons. The number of fused-ring (bicyclic) bond motifs is 2. The first-order valence-corrected chi connectivity index (χ1v) is 13.3. The molecule has 0 bridgehead atoms. The highest BCUT2D eigenvalue weighted by molar-refractivity contribution is 7.85. The highest BCUT2D eigenvalue weighted by Crippen LogP contribution is 2.37. The van der Waals surface area contributed by atoms with Gasteiger partial charge in [-0.15, -0.1) is 0 Å². The average molecular weight is 487 g/mol. The SMILES string of the molecule is Cc1ccccc1CN1C(=O)c2ccccc2[S@@](=O)c2ccc(C(=O)N3C[C@@H](C)C[C@H](C)C3)cc21. The van der Waals surface area contributed by atoms with Crippen molar-refractivity contribution < 1.29 is 13.8 Å². The molecule has 6 heteroatoms. The van der Waals surface area contributed by atoms with Gasteiger partial charge in [-0.1, -0.05) is 50.2 Å². The standard InChI is InChI=1S/C29H30N2O3S/c1-19-14-20(2)17-30(16-19)28(32)22-12-13-27-25(15-22)31(18-23-9-5-4-8-21(23)3)29(33)24-10-6-7-11-26(24)35(27)34/h4-13,15,19-20H,14,16-18H2,1-3H3/t19-,20-,35+/m0/s1. The molecule has 1 fully saturated rings. The Kier molecular flexibility index (Phi) is 6.32. The number of aryl methyl sites for hydroxylation is 1. The van der Waals surface area contributed by atoms with E-state index in [-0.39, 0.29) is 11.8 Å². The summed E-state index contributed by atoms with van der Waals surface area (Å²) in [7, 11) is -1.54. The summed E-state index contributed by atoms with van der Waals surface area (Å²) in [5, 5.41) is 0. The third-order valence-electron chi connectivity index (χ3n) is 7.00. The van der Waals surface area contributed by atoms with E-state index in [1.54, 1.807) is 47.4 Å². The molecule has 0 saturated carbocycles. The maximum atomic E-state index is 13.8. The smallest absolute Gasteiger partial charge is 0.259 e. The third-order valence-corrected chi connectivity index (χ3v) is 8.50. The Balaban J connectivity index is 1.61. The van der Waals surface area contributed by atoms with Gasteiger partial charge in [0.15, 0.2) is 0 Å². The first-order valence-electron chi connectivity index (χ1n) is 12.1. The van der Waals surface area contributed by atoms with Crippen LogP contribution < -0.4 is 4.90 Å². The second kappa shape index (κ2) is 9.42. The normalized spacial score (nSPS) is 21.8. The van der Waals surface area contributed by atoms with Gasteiger partial charge in [-0.2, -0.15) is 0 Å². The molecule has 2 aliphatic rings. The zero-order valence-electron chi connectivity index (χ0n) is 20.4. The molecule has 5 rings (SSSR count). The van der Waals surface area contributed by atoms with E-state index in [9.17, 15) is 13.8 Å². The van der Waals surface area contributed by atoms with Gasteiger partial charge in [0.2, 0.25) is 0 Å². The fourth-order valence-electron chi connectivity index (χ4n) is 5.32. The highest BCUT2D eigenvalue weighted by Gasteiger charge is 2.33. The lowest BCUT2D eigenvalue weighted by molar-refractivity contribution is 0.0623. The zero-order valence-corrected chi connectivity index (χ0v) is 21.2. The molecule has 0 radical (unpaired) electrons. The Morgan fingerprint density at radius 2 is 1.63 bits per heavy atom. The van der Waals surface area contributed by atoms with E-state index in [0.29, 0.717) is 45.0 Å². The lowest BCUT2D eigenvalue weighted by Gasteiger charge is -2.35. The summed E-state index contributed by atoms with van der Waals surface area (Å²) in [5.41, 5.74) is 3.57. The Labute approximate surface area is 209 Å². The van der Waals surface area contributed by atoms with Crippen molar-refractivity contribution >= 4 is 28.3 Å². The first kappa shape index (κ1) is 23.5. The van der Waals surface area contributed by atoms with Gasteiger partial charge in [0.1, 0.15) is 0 Å². The van der Waals surface area contributed by atoms with Crippen LogP contribution in [-0.4, -0.2) is 34.0 Å². The maximum Gasteiger partial charge on any atom is 0.259 e. The quantitative estimate of drug-likeness (QED) is 0.495. The Bertz CT molecular complexity index is 1330. The summed E-state index contributed by atoms with van der Waals surface area (Å²) in [6.45, 7) is 8.15. The Morgan fingerprint density at radius 1 is 0.943 bits per heavy atom. The number of likely N-dealkylation sites (tertiary alicyclic amines) is 1. The molecule has 0 spiro atoms. The molecule has 0 aromatic heterocycles. The number of piperidine rings is 1. The zero-order chi connectivity index (χ0) is 24.7. The van der Waals surface area contributed by atoms with Gasteiger partial charge in [-0.05, 0) is 66.6 Å². The number of rotatable bonds is 3.